The summed E-state index contributed by atoms with van der Waals surface area (Å²) in [4.78, 5) is 11.9. The van der Waals surface area contributed by atoms with Crippen molar-refractivity contribution in [2.45, 2.75) is 36.8 Å². The molecule has 0 saturated carbocycles. The topological polar surface area (TPSA) is 29.1 Å². The monoisotopic (exact) mass is 611 g/mol. The second kappa shape index (κ2) is 9.43. The van der Waals surface area contributed by atoms with Crippen LogP contribution in [0, 0.1) is 0 Å². The number of alkyl halides is 9. The summed E-state index contributed by atoms with van der Waals surface area (Å²) in [5, 5.41) is 2.43. The number of hydrogen-bond donors (Lipinski definition) is 1. The summed E-state index contributed by atoms with van der Waals surface area (Å²) in [6, 6.07) is 6.34. The Morgan fingerprint density at radius 2 is 1.55 bits per heavy atom. The molecule has 13 heteroatoms. The third-order valence-electron chi connectivity index (χ3n) is 3.50. The minimum atomic E-state index is -6.92. The van der Waals surface area contributed by atoms with Crippen LogP contribution in [0.25, 0.3) is 0 Å². The Hall–Kier alpha value is -0.990. The molecule has 0 unspecified atom stereocenters. The molecule has 164 valence electrons. The molecule has 0 bridgehead atoms. The fraction of sp³-hybridized carbons (Fsp3) is 0.438. The van der Waals surface area contributed by atoms with Crippen molar-refractivity contribution in [3.8, 4) is 0 Å². The lowest BCUT2D eigenvalue weighted by Gasteiger charge is -2.32. The summed E-state index contributed by atoms with van der Waals surface area (Å²) in [6.45, 7) is -0.0822. The average molecular weight is 612 g/mol. The van der Waals surface area contributed by atoms with Crippen LogP contribution in [-0.4, -0.2) is 36.4 Å². The maximum absolute atomic E-state index is 13.5. The van der Waals surface area contributed by atoms with E-state index in [-0.39, 0.29) is 24.9 Å². The Labute approximate surface area is 181 Å². The Morgan fingerprint density at radius 1 is 1.00 bits per heavy atom. The SMILES string of the molecule is O=C(NCCCC(I)=CC(F)(F)C(F)(F)C(F)(F)C(F)(F)F)c1ccccc1Br. The third kappa shape index (κ3) is 6.01. The zero-order valence-electron chi connectivity index (χ0n) is 14.1. The van der Waals surface area contributed by atoms with E-state index in [1.54, 1.807) is 18.2 Å². The molecule has 1 amide bonds. The van der Waals surface area contributed by atoms with Crippen LogP contribution in [0.3, 0.4) is 0 Å². The van der Waals surface area contributed by atoms with Gasteiger partial charge in [-0.25, -0.2) is 0 Å². The Morgan fingerprint density at radius 3 is 2.07 bits per heavy atom. The Balaban J connectivity index is 2.72. The summed E-state index contributed by atoms with van der Waals surface area (Å²) < 4.78 is 115. The molecule has 0 radical (unpaired) electrons. The van der Waals surface area contributed by atoms with Crippen LogP contribution in [0.15, 0.2) is 38.4 Å². The van der Waals surface area contributed by atoms with Gasteiger partial charge in [0, 0.05) is 17.1 Å². The molecule has 0 aliphatic rings. The van der Waals surface area contributed by atoms with Crippen molar-refractivity contribution in [2.75, 3.05) is 6.54 Å². The highest BCUT2D eigenvalue weighted by Crippen LogP contribution is 2.53. The summed E-state index contributed by atoms with van der Waals surface area (Å²) in [5.74, 6) is -19.9. The van der Waals surface area contributed by atoms with E-state index in [1.165, 1.54) is 6.07 Å². The molecular weight excluding hydrogens is 600 g/mol. The van der Waals surface area contributed by atoms with E-state index >= 15 is 0 Å². The van der Waals surface area contributed by atoms with Crippen molar-refractivity contribution in [2.24, 2.45) is 0 Å². The number of benzene rings is 1. The summed E-state index contributed by atoms with van der Waals surface area (Å²) in [5.41, 5.74) is 0.276. The molecule has 0 aromatic heterocycles. The fourth-order valence-electron chi connectivity index (χ4n) is 1.95. The van der Waals surface area contributed by atoms with Crippen molar-refractivity contribution >= 4 is 44.4 Å². The van der Waals surface area contributed by atoms with Gasteiger partial charge in [-0.2, -0.15) is 39.5 Å². The molecule has 1 N–H and O–H groups in total. The molecule has 1 aromatic carbocycles. The van der Waals surface area contributed by atoms with Crippen molar-refractivity contribution in [3.63, 3.8) is 0 Å². The summed E-state index contributed by atoms with van der Waals surface area (Å²) in [6.07, 6.45) is -7.89. The zero-order valence-corrected chi connectivity index (χ0v) is 17.8. The lowest BCUT2D eigenvalue weighted by Crippen LogP contribution is -2.60. The first-order chi connectivity index (χ1) is 13.0. The summed E-state index contributed by atoms with van der Waals surface area (Å²) >= 11 is 4.27. The van der Waals surface area contributed by atoms with Crippen LogP contribution < -0.4 is 5.32 Å². The quantitative estimate of drug-likeness (QED) is 0.197. The van der Waals surface area contributed by atoms with E-state index in [0.717, 1.165) is 22.6 Å². The largest absolute Gasteiger partial charge is 0.460 e. The van der Waals surface area contributed by atoms with Gasteiger partial charge >= 0.3 is 23.9 Å². The number of amides is 1. The lowest BCUT2D eigenvalue weighted by molar-refractivity contribution is -0.388. The van der Waals surface area contributed by atoms with Gasteiger partial charge in [-0.15, -0.1) is 0 Å². The minimum Gasteiger partial charge on any atom is -0.352 e. The van der Waals surface area contributed by atoms with E-state index in [9.17, 15) is 44.3 Å². The maximum Gasteiger partial charge on any atom is 0.460 e. The first-order valence-corrected chi connectivity index (χ1v) is 9.52. The van der Waals surface area contributed by atoms with Gasteiger partial charge in [0.25, 0.3) is 5.91 Å². The van der Waals surface area contributed by atoms with Crippen LogP contribution >= 0.6 is 38.5 Å². The minimum absolute atomic E-state index is 0.0533. The third-order valence-corrected chi connectivity index (χ3v) is 5.05. The van der Waals surface area contributed by atoms with Crippen molar-refractivity contribution < 1.29 is 44.3 Å². The Kier molecular flexibility index (Phi) is 8.47. The molecule has 0 spiro atoms. The lowest BCUT2D eigenvalue weighted by atomic mass is 10.0. The van der Waals surface area contributed by atoms with E-state index in [0.29, 0.717) is 4.47 Å². The van der Waals surface area contributed by atoms with Crippen molar-refractivity contribution in [1.82, 2.24) is 5.32 Å². The molecule has 0 heterocycles. The van der Waals surface area contributed by atoms with E-state index in [4.69, 9.17) is 0 Å². The summed E-state index contributed by atoms with van der Waals surface area (Å²) in [7, 11) is 0. The van der Waals surface area contributed by atoms with Gasteiger partial charge < -0.3 is 5.32 Å². The van der Waals surface area contributed by atoms with E-state index in [2.05, 4.69) is 21.2 Å². The number of hydrogen-bond acceptors (Lipinski definition) is 1. The van der Waals surface area contributed by atoms with Gasteiger partial charge in [0.05, 0.1) is 5.56 Å². The van der Waals surface area contributed by atoms with Crippen molar-refractivity contribution in [3.05, 3.63) is 44.0 Å². The molecule has 0 atom stereocenters. The highest BCUT2D eigenvalue weighted by molar-refractivity contribution is 14.1. The van der Waals surface area contributed by atoms with Gasteiger partial charge in [0.1, 0.15) is 0 Å². The van der Waals surface area contributed by atoms with Crippen LogP contribution in [0.2, 0.25) is 0 Å². The van der Waals surface area contributed by atoms with Crippen molar-refractivity contribution in [1.29, 1.82) is 0 Å². The predicted molar refractivity (Wildman–Crippen MR) is 98.7 cm³/mol. The highest BCUT2D eigenvalue weighted by Gasteiger charge is 2.81. The van der Waals surface area contributed by atoms with E-state index < -0.39 is 39.5 Å². The molecule has 1 rings (SSSR count). The van der Waals surface area contributed by atoms with Gasteiger partial charge in [-0.3, -0.25) is 4.79 Å². The molecule has 2 nitrogen and oxygen atoms in total. The molecule has 0 aliphatic carbocycles. The highest BCUT2D eigenvalue weighted by atomic mass is 127. The van der Waals surface area contributed by atoms with Crippen LogP contribution in [0.4, 0.5) is 39.5 Å². The first-order valence-electron chi connectivity index (χ1n) is 7.64. The maximum atomic E-state index is 13.5. The molecule has 1 aromatic rings. The zero-order chi connectivity index (χ0) is 22.7. The number of allylic oxidation sites excluding steroid dienone is 2. The van der Waals surface area contributed by atoms with Crippen LogP contribution in [-0.2, 0) is 0 Å². The van der Waals surface area contributed by atoms with E-state index in [1.807, 2.05) is 0 Å². The number of carbonyl (C=O) groups excluding carboxylic acids is 1. The fourth-order valence-corrected chi connectivity index (χ4v) is 3.18. The number of carbonyl (C=O) groups is 1. The predicted octanol–water partition coefficient (Wildman–Crippen LogP) is 6.75. The molecule has 0 saturated heterocycles. The molecule has 0 aliphatic heterocycles. The second-order valence-electron chi connectivity index (χ2n) is 5.70. The van der Waals surface area contributed by atoms with Crippen LogP contribution in [0.5, 0.6) is 0 Å². The Bertz CT molecular complexity index is 765. The van der Waals surface area contributed by atoms with Gasteiger partial charge in [-0.1, -0.05) is 12.1 Å². The number of rotatable bonds is 8. The smallest absolute Gasteiger partial charge is 0.352 e. The van der Waals surface area contributed by atoms with Gasteiger partial charge in [0.15, 0.2) is 0 Å². The molecular formula is C16H12BrF9INO. The van der Waals surface area contributed by atoms with Gasteiger partial charge in [0.2, 0.25) is 0 Å². The standard InChI is InChI=1S/C16H12BrF9INO/c17-11-6-2-1-5-10(11)12(29)28-7-3-4-9(27)8-13(18,19)14(20,21)15(22,23)16(24,25)26/h1-2,5-6,8H,3-4,7H2,(H,28,29). The number of nitrogens with one attached hydrogen (secondary N) is 1. The second-order valence-corrected chi connectivity index (χ2v) is 7.94. The van der Waals surface area contributed by atoms with Gasteiger partial charge in [-0.05, 0) is 67.1 Å². The number of halogens is 11. The average Bonchev–Trinajstić information content (AvgIpc) is 2.57. The molecule has 0 fully saturated rings. The normalized spacial score (nSPS) is 14.1. The molecule has 29 heavy (non-hydrogen) atoms. The van der Waals surface area contributed by atoms with Crippen LogP contribution in [0.1, 0.15) is 23.2 Å². The first kappa shape index (κ1) is 26.0.